The van der Waals surface area contributed by atoms with Crippen LogP contribution in [-0.2, 0) is 11.0 Å². The SMILES string of the molecule is CC(=O)Nc1cccc(C[P+](c2ccccc2)(c2ccccc2)c2ccccc2)c1.[Cl-]. The Hall–Kier alpha value is -2.93. The summed E-state index contributed by atoms with van der Waals surface area (Å²) in [5.41, 5.74) is 2.05. The molecule has 0 unspecified atom stereocenters. The second-order valence-electron chi connectivity index (χ2n) is 7.36. The highest BCUT2D eigenvalue weighted by molar-refractivity contribution is 7.95. The zero-order valence-corrected chi connectivity index (χ0v) is 19.1. The number of rotatable bonds is 6. The summed E-state index contributed by atoms with van der Waals surface area (Å²) in [7, 11) is -1.94. The molecule has 4 aromatic carbocycles. The molecule has 4 aromatic rings. The van der Waals surface area contributed by atoms with E-state index in [1.165, 1.54) is 21.5 Å². The fourth-order valence-electron chi connectivity index (χ4n) is 3.99. The van der Waals surface area contributed by atoms with Gasteiger partial charge in [-0.05, 0) is 54.1 Å². The van der Waals surface area contributed by atoms with Gasteiger partial charge in [0, 0.05) is 12.6 Å². The average molecular weight is 446 g/mol. The smallest absolute Gasteiger partial charge is 0.221 e. The van der Waals surface area contributed by atoms with Crippen LogP contribution in [0.25, 0.3) is 0 Å². The highest BCUT2D eigenvalue weighted by Crippen LogP contribution is 2.58. The van der Waals surface area contributed by atoms with Crippen LogP contribution in [0.2, 0.25) is 0 Å². The van der Waals surface area contributed by atoms with E-state index in [0.29, 0.717) is 0 Å². The first-order valence-electron chi connectivity index (χ1n) is 10.1. The van der Waals surface area contributed by atoms with Gasteiger partial charge >= 0.3 is 0 Å². The molecule has 0 fully saturated rings. The van der Waals surface area contributed by atoms with Crippen LogP contribution in [0.5, 0.6) is 0 Å². The summed E-state index contributed by atoms with van der Waals surface area (Å²) in [5, 5.41) is 6.99. The average Bonchev–Trinajstić information content (AvgIpc) is 2.79. The Morgan fingerprint density at radius 3 is 1.55 bits per heavy atom. The van der Waals surface area contributed by atoms with Crippen molar-refractivity contribution in [2.75, 3.05) is 5.32 Å². The number of hydrogen-bond donors (Lipinski definition) is 1. The van der Waals surface area contributed by atoms with Crippen molar-refractivity contribution in [1.29, 1.82) is 0 Å². The normalized spacial score (nSPS) is 10.7. The van der Waals surface area contributed by atoms with Crippen LogP contribution in [0, 0.1) is 0 Å². The minimum Gasteiger partial charge on any atom is -1.00 e. The third kappa shape index (κ3) is 5.05. The lowest BCUT2D eigenvalue weighted by Gasteiger charge is -2.28. The number of carbonyl (C=O) groups excluding carboxylic acids is 1. The maximum absolute atomic E-state index is 11.6. The van der Waals surface area contributed by atoms with Crippen LogP contribution < -0.4 is 33.6 Å². The van der Waals surface area contributed by atoms with E-state index in [1.54, 1.807) is 6.92 Å². The molecule has 0 heterocycles. The summed E-state index contributed by atoms with van der Waals surface area (Å²) in [4.78, 5) is 11.6. The summed E-state index contributed by atoms with van der Waals surface area (Å²) in [5.74, 6) is -0.0533. The molecule has 0 aliphatic rings. The van der Waals surface area contributed by atoms with Gasteiger partial charge in [-0.3, -0.25) is 4.79 Å². The standard InChI is InChI=1S/C27H24NOP.ClH/c1-22(29)28-24-13-11-12-23(20-24)21-30(25-14-5-2-6-15-25,26-16-7-3-8-17-26)27-18-9-4-10-19-27;/h2-20H,21H2,1H3;1H. The Balaban J connectivity index is 0.00000272. The number of anilines is 1. The lowest BCUT2D eigenvalue weighted by atomic mass is 10.2. The molecule has 0 saturated heterocycles. The van der Waals surface area contributed by atoms with Crippen molar-refractivity contribution in [2.45, 2.75) is 13.1 Å². The van der Waals surface area contributed by atoms with Gasteiger partial charge in [0.05, 0.1) is 6.16 Å². The lowest BCUT2D eigenvalue weighted by molar-refractivity contribution is -0.114. The number of hydrogen-bond acceptors (Lipinski definition) is 1. The van der Waals surface area contributed by atoms with Crippen molar-refractivity contribution >= 4 is 34.8 Å². The largest absolute Gasteiger partial charge is 1.00 e. The van der Waals surface area contributed by atoms with E-state index >= 15 is 0 Å². The molecule has 0 aliphatic carbocycles. The van der Waals surface area contributed by atoms with Gasteiger partial charge in [-0.25, -0.2) is 0 Å². The van der Waals surface area contributed by atoms with Crippen molar-refractivity contribution in [3.05, 3.63) is 121 Å². The van der Waals surface area contributed by atoms with E-state index in [9.17, 15) is 4.79 Å². The van der Waals surface area contributed by atoms with Gasteiger partial charge in [0.1, 0.15) is 23.2 Å². The minimum absolute atomic E-state index is 0. The van der Waals surface area contributed by atoms with Gasteiger partial charge in [0.25, 0.3) is 0 Å². The molecule has 0 aromatic heterocycles. The van der Waals surface area contributed by atoms with E-state index in [2.05, 4.69) is 108 Å². The molecule has 156 valence electrons. The van der Waals surface area contributed by atoms with Crippen LogP contribution in [0.1, 0.15) is 12.5 Å². The molecular weight excluding hydrogens is 421 g/mol. The summed E-state index contributed by atoms with van der Waals surface area (Å²) < 4.78 is 0. The second-order valence-corrected chi connectivity index (χ2v) is 10.8. The topological polar surface area (TPSA) is 29.1 Å². The summed E-state index contributed by atoms with van der Waals surface area (Å²) in [6, 6.07) is 40.8. The van der Waals surface area contributed by atoms with Crippen LogP contribution in [-0.4, -0.2) is 5.91 Å². The van der Waals surface area contributed by atoms with Crippen molar-refractivity contribution in [1.82, 2.24) is 0 Å². The lowest BCUT2D eigenvalue weighted by Crippen LogP contribution is -3.00. The van der Waals surface area contributed by atoms with Gasteiger partial charge in [0.15, 0.2) is 0 Å². The first kappa shape index (κ1) is 22.7. The predicted molar refractivity (Wildman–Crippen MR) is 130 cm³/mol. The summed E-state index contributed by atoms with van der Waals surface area (Å²) in [6.45, 7) is 1.54. The molecule has 0 atom stereocenters. The van der Waals surface area contributed by atoms with Crippen molar-refractivity contribution in [2.24, 2.45) is 0 Å². The highest BCUT2D eigenvalue weighted by atomic mass is 35.5. The summed E-state index contributed by atoms with van der Waals surface area (Å²) >= 11 is 0. The van der Waals surface area contributed by atoms with Gasteiger partial charge in [-0.15, -0.1) is 0 Å². The maximum Gasteiger partial charge on any atom is 0.221 e. The van der Waals surface area contributed by atoms with Crippen LogP contribution in [0.4, 0.5) is 5.69 Å². The number of benzene rings is 4. The molecule has 4 heteroatoms. The Kier molecular flexibility index (Phi) is 7.63. The molecule has 4 rings (SSSR count). The number of halogens is 1. The number of amides is 1. The zero-order chi connectivity index (χ0) is 20.8. The molecule has 31 heavy (non-hydrogen) atoms. The molecule has 0 saturated carbocycles. The molecule has 0 bridgehead atoms. The fraction of sp³-hybridized carbons (Fsp3) is 0.0741. The van der Waals surface area contributed by atoms with Crippen molar-refractivity contribution in [3.63, 3.8) is 0 Å². The molecule has 0 aliphatic heterocycles. The fourth-order valence-corrected chi connectivity index (χ4v) is 8.22. The zero-order valence-electron chi connectivity index (χ0n) is 17.4. The third-order valence-corrected chi connectivity index (χ3v) is 9.64. The second kappa shape index (κ2) is 10.4. The van der Waals surface area contributed by atoms with Crippen LogP contribution in [0.15, 0.2) is 115 Å². The van der Waals surface area contributed by atoms with E-state index in [0.717, 1.165) is 11.8 Å². The van der Waals surface area contributed by atoms with E-state index in [4.69, 9.17) is 0 Å². The van der Waals surface area contributed by atoms with Crippen molar-refractivity contribution < 1.29 is 17.2 Å². The Morgan fingerprint density at radius 2 is 1.13 bits per heavy atom. The van der Waals surface area contributed by atoms with Gasteiger partial charge in [-0.1, -0.05) is 66.7 Å². The molecule has 0 spiro atoms. The first-order chi connectivity index (χ1) is 14.7. The molecule has 1 amide bonds. The third-order valence-electron chi connectivity index (χ3n) is 5.26. The monoisotopic (exact) mass is 445 g/mol. The molecular formula is C27H25ClNOP. The van der Waals surface area contributed by atoms with Crippen LogP contribution >= 0.6 is 7.26 Å². The maximum atomic E-state index is 11.6. The van der Waals surface area contributed by atoms with Gasteiger partial charge in [0.2, 0.25) is 5.91 Å². The first-order valence-corrected chi connectivity index (χ1v) is 12.1. The Labute approximate surface area is 191 Å². The summed E-state index contributed by atoms with van der Waals surface area (Å²) in [6.07, 6.45) is 0.887. The molecule has 2 nitrogen and oxygen atoms in total. The van der Waals surface area contributed by atoms with Crippen LogP contribution in [0.3, 0.4) is 0 Å². The van der Waals surface area contributed by atoms with E-state index in [1.807, 2.05) is 12.1 Å². The van der Waals surface area contributed by atoms with E-state index < -0.39 is 7.26 Å². The number of nitrogens with one attached hydrogen (secondary N) is 1. The molecule has 0 radical (unpaired) electrons. The quantitative estimate of drug-likeness (QED) is 0.453. The highest BCUT2D eigenvalue weighted by Gasteiger charge is 2.45. The number of carbonyl (C=O) groups is 1. The predicted octanol–water partition coefficient (Wildman–Crippen LogP) is 2.14. The minimum atomic E-state index is -1.94. The van der Waals surface area contributed by atoms with Crippen molar-refractivity contribution in [3.8, 4) is 0 Å². The Morgan fingerprint density at radius 1 is 0.677 bits per heavy atom. The van der Waals surface area contributed by atoms with E-state index in [-0.39, 0.29) is 18.3 Å². The Bertz CT molecular complexity index is 1020. The van der Waals surface area contributed by atoms with Gasteiger partial charge < -0.3 is 17.7 Å². The molecule has 1 N–H and O–H groups in total. The van der Waals surface area contributed by atoms with Gasteiger partial charge in [-0.2, -0.15) is 0 Å².